The molecule has 134 valence electrons. The molecular formula is C18H16N2O6. The Morgan fingerprint density at radius 1 is 1.19 bits per heavy atom. The Hall–Kier alpha value is -3.42. The van der Waals surface area contributed by atoms with Crippen molar-refractivity contribution in [2.45, 2.75) is 13.5 Å². The monoisotopic (exact) mass is 356 g/mol. The summed E-state index contributed by atoms with van der Waals surface area (Å²) < 4.78 is 16.4. The summed E-state index contributed by atoms with van der Waals surface area (Å²) in [5, 5.41) is 4.78. The average Bonchev–Trinajstić information content (AvgIpc) is 3.02. The highest BCUT2D eigenvalue weighted by molar-refractivity contribution is 6.02. The van der Waals surface area contributed by atoms with Gasteiger partial charge in [0.1, 0.15) is 23.7 Å². The minimum atomic E-state index is -0.703. The normalized spacial score (nSPS) is 10.7. The number of rotatable bonds is 4. The predicted molar refractivity (Wildman–Crippen MR) is 90.9 cm³/mol. The largest absolute Gasteiger partial charge is 0.465 e. The van der Waals surface area contributed by atoms with Gasteiger partial charge in [-0.25, -0.2) is 14.3 Å². The Balaban J connectivity index is 1.86. The molecule has 0 aliphatic rings. The molecule has 0 saturated carbocycles. The fraction of sp³-hybridized carbons (Fsp3) is 0.222. The van der Waals surface area contributed by atoms with Crippen molar-refractivity contribution in [3.05, 3.63) is 63.5 Å². The Morgan fingerprint density at radius 3 is 2.58 bits per heavy atom. The van der Waals surface area contributed by atoms with E-state index in [1.165, 1.54) is 20.2 Å². The minimum absolute atomic E-state index is 0.0270. The third kappa shape index (κ3) is 3.08. The maximum absolute atomic E-state index is 12.4. The number of nitrogens with zero attached hydrogens (tertiary/aromatic N) is 2. The molecule has 0 radical (unpaired) electrons. The molecule has 2 aromatic heterocycles. The van der Waals surface area contributed by atoms with Crippen LogP contribution in [0.3, 0.4) is 0 Å². The summed E-state index contributed by atoms with van der Waals surface area (Å²) in [6.45, 7) is 1.43. The second kappa shape index (κ2) is 6.83. The Morgan fingerprint density at radius 2 is 1.88 bits per heavy atom. The van der Waals surface area contributed by atoms with Gasteiger partial charge in [0.05, 0.1) is 12.5 Å². The van der Waals surface area contributed by atoms with Crippen molar-refractivity contribution in [2.75, 3.05) is 7.11 Å². The minimum Gasteiger partial charge on any atom is -0.465 e. The highest BCUT2D eigenvalue weighted by Crippen LogP contribution is 2.18. The quantitative estimate of drug-likeness (QED) is 0.659. The Kier molecular flexibility index (Phi) is 4.57. The Bertz CT molecular complexity index is 1060. The maximum Gasteiger partial charge on any atom is 0.359 e. The van der Waals surface area contributed by atoms with Gasteiger partial charge in [-0.15, -0.1) is 0 Å². The molecule has 3 aromatic rings. The van der Waals surface area contributed by atoms with Gasteiger partial charge in [-0.05, 0) is 19.1 Å². The first kappa shape index (κ1) is 17.4. The van der Waals surface area contributed by atoms with Gasteiger partial charge in [-0.2, -0.15) is 5.10 Å². The van der Waals surface area contributed by atoms with Crippen LogP contribution in [-0.2, 0) is 23.1 Å². The van der Waals surface area contributed by atoms with Gasteiger partial charge in [0.25, 0.3) is 5.56 Å². The zero-order valence-electron chi connectivity index (χ0n) is 14.4. The molecule has 1 aromatic carbocycles. The fourth-order valence-corrected chi connectivity index (χ4v) is 2.58. The molecule has 0 atom stereocenters. The number of methoxy groups -OCH3 is 1. The fourth-order valence-electron chi connectivity index (χ4n) is 2.58. The van der Waals surface area contributed by atoms with Gasteiger partial charge in [-0.3, -0.25) is 4.79 Å². The van der Waals surface area contributed by atoms with Gasteiger partial charge in [0.15, 0.2) is 5.69 Å². The smallest absolute Gasteiger partial charge is 0.359 e. The lowest BCUT2D eigenvalue weighted by Crippen LogP contribution is -2.23. The molecule has 2 heterocycles. The number of fused-ring (bicyclic) bond motifs is 1. The van der Waals surface area contributed by atoms with Gasteiger partial charge in [-0.1, -0.05) is 18.2 Å². The summed E-state index contributed by atoms with van der Waals surface area (Å²) in [6.07, 6.45) is 0. The predicted octanol–water partition coefficient (Wildman–Crippen LogP) is 1.98. The highest BCUT2D eigenvalue weighted by Gasteiger charge is 2.19. The van der Waals surface area contributed by atoms with E-state index in [0.29, 0.717) is 22.3 Å². The van der Waals surface area contributed by atoms with E-state index >= 15 is 0 Å². The van der Waals surface area contributed by atoms with E-state index in [2.05, 4.69) is 9.84 Å². The number of esters is 2. The van der Waals surface area contributed by atoms with Gasteiger partial charge in [0.2, 0.25) is 0 Å². The molecule has 0 amide bonds. The number of aromatic nitrogens is 2. The second-order valence-corrected chi connectivity index (χ2v) is 5.57. The van der Waals surface area contributed by atoms with Crippen molar-refractivity contribution < 1.29 is 23.5 Å². The number of carbonyl (C=O) groups is 2. The zero-order chi connectivity index (χ0) is 18.8. The van der Waals surface area contributed by atoms with E-state index in [-0.39, 0.29) is 23.4 Å². The SMILES string of the molecule is COC(=O)c1cc(COC(=O)c2nn(C)c(=O)c3ccccc23)oc1C. The highest BCUT2D eigenvalue weighted by atomic mass is 16.5. The average molecular weight is 356 g/mol. The van der Waals surface area contributed by atoms with Crippen molar-refractivity contribution in [2.24, 2.45) is 7.05 Å². The number of benzene rings is 1. The summed E-state index contributed by atoms with van der Waals surface area (Å²) in [4.78, 5) is 36.1. The number of carbonyl (C=O) groups excluding carboxylic acids is 2. The summed E-state index contributed by atoms with van der Waals surface area (Å²) in [5.74, 6) is -0.570. The van der Waals surface area contributed by atoms with E-state index in [1.807, 2.05) is 0 Å². The molecule has 26 heavy (non-hydrogen) atoms. The van der Waals surface area contributed by atoms with Crippen LogP contribution in [0.25, 0.3) is 10.8 Å². The molecule has 0 aliphatic heterocycles. The summed E-state index contributed by atoms with van der Waals surface area (Å²) in [5.41, 5.74) is -0.00932. The number of ether oxygens (including phenoxy) is 2. The topological polar surface area (TPSA) is 101 Å². The van der Waals surface area contributed by atoms with Gasteiger partial charge >= 0.3 is 11.9 Å². The van der Waals surface area contributed by atoms with E-state index in [9.17, 15) is 14.4 Å². The van der Waals surface area contributed by atoms with E-state index in [0.717, 1.165) is 4.68 Å². The molecule has 0 spiro atoms. The molecule has 8 nitrogen and oxygen atoms in total. The van der Waals surface area contributed by atoms with Crippen LogP contribution in [0, 0.1) is 6.92 Å². The van der Waals surface area contributed by atoms with Gasteiger partial charge < -0.3 is 13.9 Å². The summed E-state index contributed by atoms with van der Waals surface area (Å²) in [6, 6.07) is 8.12. The van der Waals surface area contributed by atoms with Crippen LogP contribution in [0.2, 0.25) is 0 Å². The van der Waals surface area contributed by atoms with Crippen molar-refractivity contribution >= 4 is 22.7 Å². The third-order valence-electron chi connectivity index (χ3n) is 3.87. The molecule has 0 aliphatic carbocycles. The Labute approximate surface area is 147 Å². The number of aryl methyl sites for hydroxylation is 2. The number of hydrogen-bond acceptors (Lipinski definition) is 7. The molecule has 3 rings (SSSR count). The maximum atomic E-state index is 12.4. The first-order valence-corrected chi connectivity index (χ1v) is 7.73. The van der Waals surface area contributed by atoms with Crippen LogP contribution >= 0.6 is 0 Å². The summed E-state index contributed by atoms with van der Waals surface area (Å²) in [7, 11) is 2.73. The molecule has 8 heteroatoms. The number of hydrogen-bond donors (Lipinski definition) is 0. The van der Waals surface area contributed by atoms with Crippen molar-refractivity contribution in [3.8, 4) is 0 Å². The molecule has 0 bridgehead atoms. The van der Waals surface area contributed by atoms with Gasteiger partial charge in [0, 0.05) is 12.4 Å². The van der Waals surface area contributed by atoms with Crippen LogP contribution in [0.4, 0.5) is 0 Å². The lowest BCUT2D eigenvalue weighted by Gasteiger charge is -2.07. The third-order valence-corrected chi connectivity index (χ3v) is 3.87. The molecular weight excluding hydrogens is 340 g/mol. The van der Waals surface area contributed by atoms with E-state index in [1.54, 1.807) is 31.2 Å². The molecule has 0 fully saturated rings. The molecule has 0 unspecified atom stereocenters. The first-order chi connectivity index (χ1) is 12.4. The summed E-state index contributed by atoms with van der Waals surface area (Å²) >= 11 is 0. The van der Waals surface area contributed by atoms with Crippen molar-refractivity contribution in [3.63, 3.8) is 0 Å². The second-order valence-electron chi connectivity index (χ2n) is 5.57. The van der Waals surface area contributed by atoms with E-state index < -0.39 is 11.9 Å². The van der Waals surface area contributed by atoms with Crippen LogP contribution in [0.1, 0.15) is 32.4 Å². The van der Waals surface area contributed by atoms with Crippen molar-refractivity contribution in [1.29, 1.82) is 0 Å². The molecule has 0 N–H and O–H groups in total. The molecule has 0 saturated heterocycles. The van der Waals surface area contributed by atoms with Crippen LogP contribution in [0.5, 0.6) is 0 Å². The van der Waals surface area contributed by atoms with Crippen LogP contribution in [0.15, 0.2) is 39.5 Å². The first-order valence-electron chi connectivity index (χ1n) is 7.73. The van der Waals surface area contributed by atoms with Crippen LogP contribution < -0.4 is 5.56 Å². The van der Waals surface area contributed by atoms with E-state index in [4.69, 9.17) is 9.15 Å². The standard InChI is InChI=1S/C18H16N2O6/c1-10-14(17(22)24-3)8-11(26-10)9-25-18(23)15-12-6-4-5-7-13(12)16(21)20(2)19-15/h4-8H,9H2,1-3H3. The lowest BCUT2D eigenvalue weighted by molar-refractivity contribution is 0.0437. The van der Waals surface area contributed by atoms with Crippen LogP contribution in [-0.4, -0.2) is 28.8 Å². The zero-order valence-corrected chi connectivity index (χ0v) is 14.4. The lowest BCUT2D eigenvalue weighted by atomic mass is 10.1. The number of furan rings is 1. The van der Waals surface area contributed by atoms with Crippen molar-refractivity contribution in [1.82, 2.24) is 9.78 Å².